The molecule has 0 saturated heterocycles. The van der Waals surface area contributed by atoms with Gasteiger partial charge < -0.3 is 17.0 Å². The Morgan fingerprint density at radius 1 is 0.257 bits per heavy atom. The highest BCUT2D eigenvalue weighted by molar-refractivity contribution is 7.75. The predicted octanol–water partition coefficient (Wildman–Crippen LogP) is 9.84. The second-order valence-electron chi connectivity index (χ2n) is 11.7. The van der Waals surface area contributed by atoms with Crippen LogP contribution >= 0.6 is 7.26 Å². The molecule has 0 atom stereocenters. The van der Waals surface area contributed by atoms with E-state index >= 15 is 0 Å². The number of hydrogen-bond acceptors (Lipinski definition) is 0. The summed E-state index contributed by atoms with van der Waals surface area (Å²) < 4.78 is 0. The lowest BCUT2D eigenvalue weighted by Crippen LogP contribution is -3.00. The molecule has 214 valence electrons. The first-order valence-corrected chi connectivity index (χ1v) is 19.1. The van der Waals surface area contributed by atoms with Crippen LogP contribution in [0.2, 0.25) is 0 Å². The fourth-order valence-corrected chi connectivity index (χ4v) is 10.7. The van der Waals surface area contributed by atoms with Crippen LogP contribution in [-0.4, -0.2) is 24.6 Å². The van der Waals surface area contributed by atoms with Crippen molar-refractivity contribution >= 4 is 7.26 Å². The first-order chi connectivity index (χ1) is 16.7. The molecule has 2 heteroatoms. The average Bonchev–Trinajstić information content (AvgIpc) is 2.85. The Kier molecular flexibility index (Phi) is 33.9. The second-order valence-corrected chi connectivity index (χ2v) is 16.1. The molecule has 0 aromatic rings. The summed E-state index contributed by atoms with van der Waals surface area (Å²) in [5, 5.41) is 0. The fraction of sp³-hybridized carbons (Fsp3) is 1.00. The number of hydrogen-bond donors (Lipinski definition) is 0. The van der Waals surface area contributed by atoms with Gasteiger partial charge in [0.25, 0.3) is 0 Å². The van der Waals surface area contributed by atoms with Gasteiger partial charge in [-0.15, -0.1) is 0 Å². The van der Waals surface area contributed by atoms with Crippen molar-refractivity contribution in [3.63, 3.8) is 0 Å². The lowest BCUT2D eigenvalue weighted by atomic mass is 10.1. The zero-order valence-corrected chi connectivity index (χ0v) is 27.8. The van der Waals surface area contributed by atoms with E-state index in [1.165, 1.54) is 135 Å². The minimum atomic E-state index is -0.724. The predicted molar refractivity (Wildman–Crippen MR) is 165 cm³/mol. The van der Waals surface area contributed by atoms with E-state index in [1.54, 1.807) is 50.3 Å². The van der Waals surface area contributed by atoms with Gasteiger partial charge in [-0.3, -0.25) is 0 Å². The molecule has 0 aliphatic heterocycles. The Balaban J connectivity index is 0. The number of rotatable bonds is 29. The number of halogens is 1. The molecule has 0 aliphatic rings. The van der Waals surface area contributed by atoms with E-state index in [0.29, 0.717) is 0 Å². The molecule has 0 heterocycles. The van der Waals surface area contributed by atoms with Crippen LogP contribution in [0.3, 0.4) is 0 Å². The minimum absolute atomic E-state index is 0. The SMILES string of the molecule is CCCCCCCCC[P+](CCCCCCCC)(CCCCCCCC)CCCCCCCC.[Br-]. The third kappa shape index (κ3) is 26.3. The highest BCUT2D eigenvalue weighted by Gasteiger charge is 2.34. The van der Waals surface area contributed by atoms with Crippen molar-refractivity contribution in [2.75, 3.05) is 24.6 Å². The van der Waals surface area contributed by atoms with Gasteiger partial charge in [-0.2, -0.15) is 0 Å². The highest BCUT2D eigenvalue weighted by atomic mass is 79.9. The fourth-order valence-electron chi connectivity index (χ4n) is 5.76. The molecule has 0 saturated carbocycles. The van der Waals surface area contributed by atoms with Crippen LogP contribution in [0.25, 0.3) is 0 Å². The van der Waals surface area contributed by atoms with Gasteiger partial charge in [0.2, 0.25) is 0 Å². The van der Waals surface area contributed by atoms with Gasteiger partial charge in [0.15, 0.2) is 0 Å². The maximum atomic E-state index is 2.35. The van der Waals surface area contributed by atoms with Crippen molar-refractivity contribution < 1.29 is 17.0 Å². The van der Waals surface area contributed by atoms with E-state index in [2.05, 4.69) is 27.7 Å². The summed E-state index contributed by atoms with van der Waals surface area (Å²) in [6.45, 7) is 9.38. The molecule has 0 spiro atoms. The van der Waals surface area contributed by atoms with E-state index in [0.717, 1.165) is 0 Å². The molecule has 0 radical (unpaired) electrons. The summed E-state index contributed by atoms with van der Waals surface area (Å²) in [4.78, 5) is 0. The molecule has 0 aromatic carbocycles. The molecule has 0 nitrogen and oxygen atoms in total. The Morgan fingerprint density at radius 2 is 0.429 bits per heavy atom. The molecule has 0 N–H and O–H groups in total. The molecule has 0 amide bonds. The molecule has 0 aliphatic carbocycles. The molecular formula is C33H70BrP. The van der Waals surface area contributed by atoms with E-state index in [1.807, 2.05) is 0 Å². The minimum Gasteiger partial charge on any atom is -1.00 e. The summed E-state index contributed by atoms with van der Waals surface area (Å²) in [5.41, 5.74) is 0. The summed E-state index contributed by atoms with van der Waals surface area (Å²) in [7, 11) is -0.724. The Morgan fingerprint density at radius 3 is 0.629 bits per heavy atom. The van der Waals surface area contributed by atoms with Gasteiger partial charge in [-0.1, -0.05) is 137 Å². The number of unbranched alkanes of at least 4 members (excludes halogenated alkanes) is 21. The van der Waals surface area contributed by atoms with Crippen LogP contribution < -0.4 is 17.0 Å². The van der Waals surface area contributed by atoms with Crippen LogP contribution in [0.4, 0.5) is 0 Å². The molecule has 0 bridgehead atoms. The summed E-state index contributed by atoms with van der Waals surface area (Å²) in [6, 6.07) is 0. The van der Waals surface area contributed by atoms with Crippen molar-refractivity contribution in [2.45, 2.75) is 188 Å². The van der Waals surface area contributed by atoms with Gasteiger partial charge >= 0.3 is 0 Å². The lowest BCUT2D eigenvalue weighted by Gasteiger charge is -2.28. The zero-order valence-electron chi connectivity index (χ0n) is 25.3. The van der Waals surface area contributed by atoms with Gasteiger partial charge in [-0.05, 0) is 51.4 Å². The van der Waals surface area contributed by atoms with Crippen molar-refractivity contribution in [2.24, 2.45) is 0 Å². The van der Waals surface area contributed by atoms with Crippen molar-refractivity contribution in [1.82, 2.24) is 0 Å². The zero-order chi connectivity index (χ0) is 25.0. The highest BCUT2D eigenvalue weighted by Crippen LogP contribution is 2.61. The molecule has 0 rings (SSSR count). The first kappa shape index (κ1) is 38.1. The van der Waals surface area contributed by atoms with Gasteiger partial charge in [0.1, 0.15) is 0 Å². The van der Waals surface area contributed by atoms with E-state index in [4.69, 9.17) is 0 Å². The molecule has 0 unspecified atom stereocenters. The lowest BCUT2D eigenvalue weighted by molar-refractivity contribution is -0.00000777. The molecular weight excluding hydrogens is 507 g/mol. The topological polar surface area (TPSA) is 0 Å². The Labute approximate surface area is 236 Å². The summed E-state index contributed by atoms with van der Waals surface area (Å²) >= 11 is 0. The quantitative estimate of drug-likeness (QED) is 0.0613. The van der Waals surface area contributed by atoms with E-state index in [-0.39, 0.29) is 17.0 Å². The van der Waals surface area contributed by atoms with Gasteiger partial charge in [0, 0.05) is 7.26 Å². The maximum Gasteiger partial charge on any atom is 0.0594 e. The van der Waals surface area contributed by atoms with Crippen molar-refractivity contribution in [3.05, 3.63) is 0 Å². The van der Waals surface area contributed by atoms with Crippen LogP contribution in [0, 0.1) is 0 Å². The molecule has 0 fully saturated rings. The normalized spacial score (nSPS) is 11.7. The van der Waals surface area contributed by atoms with Crippen LogP contribution in [-0.2, 0) is 0 Å². The smallest absolute Gasteiger partial charge is 0.0594 e. The van der Waals surface area contributed by atoms with Crippen LogP contribution in [0.15, 0.2) is 0 Å². The van der Waals surface area contributed by atoms with Crippen LogP contribution in [0.1, 0.15) is 188 Å². The first-order valence-electron chi connectivity index (χ1n) is 16.6. The van der Waals surface area contributed by atoms with Gasteiger partial charge in [0.05, 0.1) is 24.6 Å². The monoisotopic (exact) mass is 576 g/mol. The van der Waals surface area contributed by atoms with Crippen molar-refractivity contribution in [1.29, 1.82) is 0 Å². The third-order valence-electron chi connectivity index (χ3n) is 8.19. The molecule has 0 aromatic heterocycles. The van der Waals surface area contributed by atoms with Gasteiger partial charge in [-0.25, -0.2) is 0 Å². The standard InChI is InChI=1S/C33H70P.BrH/c1-5-9-13-17-21-25-29-33-34(30-26-22-18-14-10-6-2,31-27-23-19-15-11-7-3)32-28-24-20-16-12-8-4;/h5-33H2,1-4H3;1H/q+1;/p-1. The largest absolute Gasteiger partial charge is 1.00 e. The van der Waals surface area contributed by atoms with Crippen LogP contribution in [0.5, 0.6) is 0 Å². The van der Waals surface area contributed by atoms with E-state index in [9.17, 15) is 0 Å². The van der Waals surface area contributed by atoms with E-state index < -0.39 is 7.26 Å². The maximum absolute atomic E-state index is 2.35. The third-order valence-corrected chi connectivity index (χ3v) is 13.3. The Bertz CT molecular complexity index is 329. The molecule has 35 heavy (non-hydrogen) atoms. The Hall–Kier alpha value is 0.910. The second kappa shape index (κ2) is 31.1. The van der Waals surface area contributed by atoms with Crippen molar-refractivity contribution in [3.8, 4) is 0 Å². The summed E-state index contributed by atoms with van der Waals surface area (Å²) in [6.07, 6.45) is 43.6. The average molecular weight is 578 g/mol. The summed E-state index contributed by atoms with van der Waals surface area (Å²) in [5.74, 6) is 0.